The van der Waals surface area contributed by atoms with Crippen LogP contribution in [0.4, 0.5) is 0 Å². The van der Waals surface area contributed by atoms with Crippen molar-refractivity contribution in [2.75, 3.05) is 26.2 Å². The number of nitriles is 1. The molecule has 1 saturated heterocycles. The maximum Gasteiger partial charge on any atom is 0.0656 e. The van der Waals surface area contributed by atoms with Gasteiger partial charge in [0.25, 0.3) is 0 Å². The van der Waals surface area contributed by atoms with Crippen molar-refractivity contribution in [2.45, 2.75) is 33.1 Å². The fourth-order valence-corrected chi connectivity index (χ4v) is 2.24. The number of likely N-dealkylation sites (tertiary alicyclic amines) is 1. The first-order chi connectivity index (χ1) is 6.78. The molecule has 0 bridgehead atoms. The Morgan fingerprint density at radius 1 is 1.33 bits per heavy atom. The molecule has 0 aromatic rings. The summed E-state index contributed by atoms with van der Waals surface area (Å²) in [6.45, 7) is 3.47. The molecule has 1 saturated carbocycles. The fraction of sp³-hybridized carbons (Fsp3) is 0.917. The Morgan fingerprint density at radius 3 is 2.33 bits per heavy atom. The smallest absolute Gasteiger partial charge is 0.0656 e. The first-order valence-electron chi connectivity index (χ1n) is 5.51. The van der Waals surface area contributed by atoms with Gasteiger partial charge in [-0.15, -0.1) is 0 Å². The molecule has 1 N–H and O–H groups in total. The lowest BCUT2D eigenvalue weighted by Gasteiger charge is -2.31. The molecule has 1 aliphatic carbocycles. The van der Waals surface area contributed by atoms with Crippen LogP contribution in [0.3, 0.4) is 0 Å². The van der Waals surface area contributed by atoms with Crippen molar-refractivity contribution < 1.29 is 5.11 Å². The SMILES string of the molecule is C.N#CC1CCN(CC2(CO)CC2)CC1. The van der Waals surface area contributed by atoms with Crippen LogP contribution in [0.2, 0.25) is 0 Å². The third kappa shape index (κ3) is 2.93. The molecule has 1 heterocycles. The zero-order valence-corrected chi connectivity index (χ0v) is 8.58. The van der Waals surface area contributed by atoms with E-state index in [0.29, 0.717) is 6.61 Å². The molecule has 3 nitrogen and oxygen atoms in total. The van der Waals surface area contributed by atoms with Gasteiger partial charge in [0.2, 0.25) is 0 Å². The zero-order valence-electron chi connectivity index (χ0n) is 8.58. The molecule has 0 aromatic carbocycles. The van der Waals surface area contributed by atoms with Crippen LogP contribution in [-0.2, 0) is 0 Å². The van der Waals surface area contributed by atoms with Crippen LogP contribution in [-0.4, -0.2) is 36.2 Å². The van der Waals surface area contributed by atoms with Crippen LogP contribution < -0.4 is 0 Å². The molecular formula is C12H22N2O. The van der Waals surface area contributed by atoms with Crippen LogP contribution in [0.1, 0.15) is 33.1 Å². The van der Waals surface area contributed by atoms with Crippen LogP contribution in [0, 0.1) is 22.7 Å². The Morgan fingerprint density at radius 2 is 1.93 bits per heavy atom. The highest BCUT2D eigenvalue weighted by Crippen LogP contribution is 2.45. The molecule has 3 heteroatoms. The summed E-state index contributed by atoms with van der Waals surface area (Å²) in [5.41, 5.74) is 0.236. The van der Waals surface area contributed by atoms with E-state index in [-0.39, 0.29) is 18.8 Å². The van der Waals surface area contributed by atoms with Gasteiger partial charge in [0.05, 0.1) is 6.07 Å². The molecule has 0 unspecified atom stereocenters. The van der Waals surface area contributed by atoms with E-state index in [2.05, 4.69) is 11.0 Å². The third-order valence-corrected chi connectivity index (χ3v) is 3.62. The molecule has 2 rings (SSSR count). The van der Waals surface area contributed by atoms with Crippen LogP contribution in [0.15, 0.2) is 0 Å². The molecule has 0 spiro atoms. The lowest BCUT2D eigenvalue weighted by atomic mass is 9.97. The summed E-state index contributed by atoms with van der Waals surface area (Å²) in [5.74, 6) is 0.274. The Kier molecular flexibility index (Phi) is 4.12. The number of aliphatic hydroxyl groups excluding tert-OH is 1. The van der Waals surface area contributed by atoms with Crippen LogP contribution in [0.25, 0.3) is 0 Å². The second kappa shape index (κ2) is 4.96. The molecule has 86 valence electrons. The summed E-state index contributed by atoms with van der Waals surface area (Å²) in [7, 11) is 0. The van der Waals surface area contributed by atoms with E-state index in [9.17, 15) is 5.11 Å². The van der Waals surface area contributed by atoms with Crippen molar-refractivity contribution in [1.29, 1.82) is 5.26 Å². The number of hydrogen-bond donors (Lipinski definition) is 1. The summed E-state index contributed by atoms with van der Waals surface area (Å²) in [4.78, 5) is 2.41. The standard InChI is InChI=1S/C11H18N2O.CH4/c12-7-10-1-5-13(6-2-10)8-11(9-14)3-4-11;/h10,14H,1-6,8-9H2;1H4. The molecule has 1 aliphatic heterocycles. The van der Waals surface area contributed by atoms with E-state index in [1.165, 1.54) is 12.8 Å². The van der Waals surface area contributed by atoms with Crippen molar-refractivity contribution in [3.8, 4) is 6.07 Å². The van der Waals surface area contributed by atoms with Gasteiger partial charge in [0.15, 0.2) is 0 Å². The highest BCUT2D eigenvalue weighted by Gasteiger charge is 2.43. The van der Waals surface area contributed by atoms with Gasteiger partial charge >= 0.3 is 0 Å². The highest BCUT2D eigenvalue weighted by atomic mass is 16.3. The van der Waals surface area contributed by atoms with E-state index in [1.807, 2.05) is 0 Å². The second-order valence-corrected chi connectivity index (χ2v) is 4.84. The Balaban J connectivity index is 0.00000112. The number of nitrogens with zero attached hydrogens (tertiary/aromatic N) is 2. The molecule has 0 atom stereocenters. The van der Waals surface area contributed by atoms with E-state index in [4.69, 9.17) is 5.26 Å². The van der Waals surface area contributed by atoms with Gasteiger partial charge in [-0.1, -0.05) is 7.43 Å². The van der Waals surface area contributed by atoms with Crippen molar-refractivity contribution in [3.63, 3.8) is 0 Å². The van der Waals surface area contributed by atoms with Gasteiger partial charge in [-0.05, 0) is 38.8 Å². The normalized spacial score (nSPS) is 25.3. The summed E-state index contributed by atoms with van der Waals surface area (Å²) >= 11 is 0. The summed E-state index contributed by atoms with van der Waals surface area (Å²) in [6, 6.07) is 2.34. The van der Waals surface area contributed by atoms with Crippen molar-refractivity contribution in [3.05, 3.63) is 0 Å². The van der Waals surface area contributed by atoms with Crippen LogP contribution in [0.5, 0.6) is 0 Å². The monoisotopic (exact) mass is 210 g/mol. The van der Waals surface area contributed by atoms with E-state index < -0.39 is 0 Å². The van der Waals surface area contributed by atoms with Gasteiger partial charge < -0.3 is 10.0 Å². The number of rotatable bonds is 3. The zero-order chi connectivity index (χ0) is 10.0. The highest BCUT2D eigenvalue weighted by molar-refractivity contribution is 4.96. The number of hydrogen-bond acceptors (Lipinski definition) is 3. The van der Waals surface area contributed by atoms with Gasteiger partial charge in [-0.2, -0.15) is 5.26 Å². The quantitative estimate of drug-likeness (QED) is 0.770. The Hall–Kier alpha value is -0.590. The van der Waals surface area contributed by atoms with Gasteiger partial charge in [-0.25, -0.2) is 0 Å². The summed E-state index contributed by atoms with van der Waals surface area (Å²) in [6.07, 6.45) is 4.39. The van der Waals surface area contributed by atoms with Gasteiger partial charge in [0.1, 0.15) is 0 Å². The lowest BCUT2D eigenvalue weighted by molar-refractivity contribution is 0.125. The first-order valence-corrected chi connectivity index (χ1v) is 5.51. The molecule has 2 aliphatic rings. The minimum Gasteiger partial charge on any atom is -0.396 e. The number of piperidine rings is 1. The molecular weight excluding hydrogens is 188 g/mol. The maximum atomic E-state index is 9.21. The number of aliphatic hydroxyl groups is 1. The topological polar surface area (TPSA) is 47.3 Å². The molecule has 2 fully saturated rings. The summed E-state index contributed by atoms with van der Waals surface area (Å²) in [5, 5.41) is 18.0. The van der Waals surface area contributed by atoms with Gasteiger partial charge in [-0.3, -0.25) is 0 Å². The van der Waals surface area contributed by atoms with E-state index >= 15 is 0 Å². The minimum absolute atomic E-state index is 0. The van der Waals surface area contributed by atoms with Crippen molar-refractivity contribution in [2.24, 2.45) is 11.3 Å². The average molecular weight is 210 g/mol. The maximum absolute atomic E-state index is 9.21. The second-order valence-electron chi connectivity index (χ2n) is 4.84. The van der Waals surface area contributed by atoms with Crippen molar-refractivity contribution in [1.82, 2.24) is 4.90 Å². The van der Waals surface area contributed by atoms with E-state index in [1.54, 1.807) is 0 Å². The summed E-state index contributed by atoms with van der Waals surface area (Å²) < 4.78 is 0. The largest absolute Gasteiger partial charge is 0.396 e. The minimum atomic E-state index is 0. The molecule has 0 aromatic heterocycles. The van der Waals surface area contributed by atoms with Crippen LogP contribution >= 0.6 is 0 Å². The molecule has 15 heavy (non-hydrogen) atoms. The lowest BCUT2D eigenvalue weighted by Crippen LogP contribution is -2.38. The third-order valence-electron chi connectivity index (χ3n) is 3.62. The Labute approximate surface area is 92.7 Å². The average Bonchev–Trinajstić information content (AvgIpc) is 3.00. The molecule has 0 amide bonds. The predicted molar refractivity (Wildman–Crippen MR) is 60.3 cm³/mol. The van der Waals surface area contributed by atoms with E-state index in [0.717, 1.165) is 32.5 Å². The fourth-order valence-electron chi connectivity index (χ4n) is 2.24. The first kappa shape index (κ1) is 12.5. The predicted octanol–water partition coefficient (Wildman–Crippen LogP) is 1.63. The molecule has 0 radical (unpaired) electrons. The Bertz CT molecular complexity index is 234. The van der Waals surface area contributed by atoms with Crippen molar-refractivity contribution >= 4 is 0 Å². The van der Waals surface area contributed by atoms with Gasteiger partial charge in [0, 0.05) is 24.5 Å².